The van der Waals surface area contributed by atoms with Gasteiger partial charge in [0.25, 0.3) is 0 Å². The molecule has 6 rings (SSSR count). The zero-order chi connectivity index (χ0) is 17.7. The highest BCUT2D eigenvalue weighted by atomic mass is 16.6. The number of fused-ring (bicyclic) bond motifs is 9. The molecule has 0 radical (unpaired) electrons. The number of ether oxygens (including phenoxy) is 1. The Morgan fingerprint density at radius 1 is 1.23 bits per heavy atom. The summed E-state index contributed by atoms with van der Waals surface area (Å²) in [5.74, 6) is 4.02. The van der Waals surface area contributed by atoms with Crippen LogP contribution in [-0.2, 0) is 9.53 Å². The maximum absolute atomic E-state index is 12.0. The number of carbonyl (C=O) groups is 1. The molecule has 1 heterocycles. The molecule has 26 heavy (non-hydrogen) atoms. The lowest BCUT2D eigenvalue weighted by Gasteiger charge is -2.55. The third-order valence-corrected chi connectivity index (χ3v) is 9.13. The van der Waals surface area contributed by atoms with E-state index >= 15 is 0 Å². The third-order valence-electron chi connectivity index (χ3n) is 9.13. The van der Waals surface area contributed by atoms with Gasteiger partial charge in [-0.15, -0.1) is 0 Å². The van der Waals surface area contributed by atoms with Crippen molar-refractivity contribution in [3.8, 4) is 0 Å². The van der Waals surface area contributed by atoms with Crippen LogP contribution in [0.4, 0.5) is 0 Å². The van der Waals surface area contributed by atoms with Crippen molar-refractivity contribution in [2.75, 3.05) is 0 Å². The molecule has 0 amide bonds. The fraction of sp³-hybridized carbons (Fsp3) is 0.727. The van der Waals surface area contributed by atoms with Crippen molar-refractivity contribution in [1.29, 1.82) is 0 Å². The molecule has 3 saturated carbocycles. The first kappa shape index (κ1) is 15.5. The number of esters is 1. The monoisotopic (exact) mass is 353 g/mol. The summed E-state index contributed by atoms with van der Waals surface area (Å²) in [6.07, 6.45) is 14.1. The Balaban J connectivity index is 1.39. The van der Waals surface area contributed by atoms with Gasteiger partial charge in [0.05, 0.1) is 5.71 Å². The number of hydrogen-bond donors (Lipinski definition) is 1. The molecule has 1 N–H and O–H groups in total. The average molecular weight is 353 g/mol. The standard InChI is InChI=1S/C22H27NO3/c1-21-8-6-15-14-5-3-13(23-25)10-12(14)2-4-16(15)20(21)17-11-18(17)22(21)9-7-19(24)26-22/h2,4,10,14-18,20,25H,3,5-9,11H2,1H3/b23-13+/t14-,15?,16?,17?,18?,20?,21-,22-/m0/s1. The molecule has 0 aromatic heterocycles. The molecule has 1 aliphatic heterocycles. The highest BCUT2D eigenvalue weighted by Gasteiger charge is 2.78. The van der Waals surface area contributed by atoms with Gasteiger partial charge in [0.2, 0.25) is 0 Å². The van der Waals surface area contributed by atoms with E-state index in [1.165, 1.54) is 24.8 Å². The predicted molar refractivity (Wildman–Crippen MR) is 96.6 cm³/mol. The molecule has 5 aliphatic carbocycles. The Morgan fingerprint density at radius 2 is 2.12 bits per heavy atom. The first-order valence-electron chi connectivity index (χ1n) is 10.4. The van der Waals surface area contributed by atoms with Crippen molar-refractivity contribution in [2.45, 2.75) is 57.5 Å². The smallest absolute Gasteiger partial charge is 0.306 e. The topological polar surface area (TPSA) is 58.9 Å². The molecular formula is C22H27NO3. The zero-order valence-electron chi connectivity index (χ0n) is 15.4. The largest absolute Gasteiger partial charge is 0.458 e. The number of oxime groups is 1. The number of hydrogen-bond acceptors (Lipinski definition) is 4. The Kier molecular flexibility index (Phi) is 2.87. The van der Waals surface area contributed by atoms with Crippen molar-refractivity contribution >= 4 is 11.7 Å². The van der Waals surface area contributed by atoms with Crippen molar-refractivity contribution < 1.29 is 14.7 Å². The van der Waals surface area contributed by atoms with Crippen molar-refractivity contribution in [2.24, 2.45) is 46.1 Å². The molecule has 1 spiro atoms. The first-order valence-corrected chi connectivity index (χ1v) is 10.4. The van der Waals surface area contributed by atoms with Crippen LogP contribution in [0.25, 0.3) is 0 Å². The molecular weight excluding hydrogens is 326 g/mol. The highest BCUT2D eigenvalue weighted by Crippen LogP contribution is 2.78. The second-order valence-electron chi connectivity index (χ2n) is 9.83. The van der Waals surface area contributed by atoms with E-state index in [2.05, 4.69) is 30.3 Å². The summed E-state index contributed by atoms with van der Waals surface area (Å²) in [6.45, 7) is 2.44. The van der Waals surface area contributed by atoms with Gasteiger partial charge in [0.15, 0.2) is 0 Å². The van der Waals surface area contributed by atoms with Crippen LogP contribution >= 0.6 is 0 Å². The van der Waals surface area contributed by atoms with E-state index < -0.39 is 0 Å². The zero-order valence-corrected chi connectivity index (χ0v) is 15.4. The van der Waals surface area contributed by atoms with Crippen LogP contribution in [0, 0.1) is 40.9 Å². The van der Waals surface area contributed by atoms with Crippen LogP contribution in [0.2, 0.25) is 0 Å². The van der Waals surface area contributed by atoms with Crippen molar-refractivity contribution in [3.05, 3.63) is 23.8 Å². The fourth-order valence-corrected chi connectivity index (χ4v) is 8.10. The molecule has 138 valence electrons. The second-order valence-corrected chi connectivity index (χ2v) is 9.83. The van der Waals surface area contributed by atoms with Crippen LogP contribution < -0.4 is 0 Å². The normalized spacial score (nSPS) is 55.0. The van der Waals surface area contributed by atoms with Gasteiger partial charge in [0.1, 0.15) is 5.60 Å². The molecule has 4 fully saturated rings. The molecule has 8 atom stereocenters. The summed E-state index contributed by atoms with van der Waals surface area (Å²) < 4.78 is 6.13. The van der Waals surface area contributed by atoms with Gasteiger partial charge < -0.3 is 9.94 Å². The quantitative estimate of drug-likeness (QED) is 0.405. The summed E-state index contributed by atoms with van der Waals surface area (Å²) in [5.41, 5.74) is 2.19. The van der Waals surface area contributed by atoms with E-state index in [1.807, 2.05) is 0 Å². The molecule has 0 aromatic rings. The van der Waals surface area contributed by atoms with Crippen molar-refractivity contribution in [1.82, 2.24) is 0 Å². The minimum absolute atomic E-state index is 0.0344. The van der Waals surface area contributed by atoms with Crippen LogP contribution in [-0.4, -0.2) is 22.5 Å². The lowest BCUT2D eigenvalue weighted by atomic mass is 9.50. The summed E-state index contributed by atoms with van der Waals surface area (Å²) in [4.78, 5) is 12.0. The van der Waals surface area contributed by atoms with Gasteiger partial charge in [-0.3, -0.25) is 4.79 Å². The van der Waals surface area contributed by atoms with Gasteiger partial charge in [-0.25, -0.2) is 0 Å². The molecule has 6 aliphatic rings. The van der Waals surface area contributed by atoms with E-state index in [-0.39, 0.29) is 17.0 Å². The molecule has 0 bridgehead atoms. The predicted octanol–water partition coefficient (Wildman–Crippen LogP) is 4.10. The lowest BCUT2D eigenvalue weighted by Crippen LogP contribution is -2.54. The van der Waals surface area contributed by atoms with Gasteiger partial charge in [-0.1, -0.05) is 24.2 Å². The number of carbonyl (C=O) groups excluding carboxylic acids is 1. The summed E-state index contributed by atoms with van der Waals surface area (Å²) in [5, 5.41) is 12.6. The Morgan fingerprint density at radius 3 is 2.88 bits per heavy atom. The third kappa shape index (κ3) is 1.67. The van der Waals surface area contributed by atoms with E-state index in [0.29, 0.717) is 36.0 Å². The minimum atomic E-state index is -0.155. The van der Waals surface area contributed by atoms with E-state index in [0.717, 1.165) is 30.9 Å². The first-order chi connectivity index (χ1) is 12.6. The number of rotatable bonds is 0. The van der Waals surface area contributed by atoms with E-state index in [4.69, 9.17) is 9.94 Å². The minimum Gasteiger partial charge on any atom is -0.458 e. The maximum Gasteiger partial charge on any atom is 0.306 e. The molecule has 1 saturated heterocycles. The van der Waals surface area contributed by atoms with Gasteiger partial charge in [0, 0.05) is 17.8 Å². The lowest BCUT2D eigenvalue weighted by molar-refractivity contribution is -0.171. The van der Waals surface area contributed by atoms with Crippen LogP contribution in [0.1, 0.15) is 51.9 Å². The Bertz CT molecular complexity index is 782. The van der Waals surface area contributed by atoms with Gasteiger partial charge in [-0.05, 0) is 79.8 Å². The molecule has 5 unspecified atom stereocenters. The van der Waals surface area contributed by atoms with E-state index in [1.54, 1.807) is 0 Å². The fourth-order valence-electron chi connectivity index (χ4n) is 8.10. The molecule has 4 heteroatoms. The average Bonchev–Trinajstić information content (AvgIpc) is 3.29. The van der Waals surface area contributed by atoms with Gasteiger partial charge in [-0.2, -0.15) is 0 Å². The second kappa shape index (κ2) is 4.82. The molecule has 4 nitrogen and oxygen atoms in total. The summed E-state index contributed by atoms with van der Waals surface area (Å²) in [7, 11) is 0. The Labute approximate surface area is 154 Å². The number of nitrogens with zero attached hydrogens (tertiary/aromatic N) is 1. The maximum atomic E-state index is 12.0. The van der Waals surface area contributed by atoms with Crippen LogP contribution in [0.5, 0.6) is 0 Å². The SMILES string of the molecule is C[C@]12CCC3C(C=CC4=C/C(=N/O)CC[C@@H]43)C1C1CC1[C@@]21CCC(=O)O1. The molecule has 0 aromatic carbocycles. The van der Waals surface area contributed by atoms with Crippen LogP contribution in [0.3, 0.4) is 0 Å². The van der Waals surface area contributed by atoms with Gasteiger partial charge >= 0.3 is 5.97 Å². The highest BCUT2D eigenvalue weighted by molar-refractivity contribution is 5.96. The summed E-state index contributed by atoms with van der Waals surface area (Å²) in [6, 6.07) is 0. The van der Waals surface area contributed by atoms with E-state index in [9.17, 15) is 4.79 Å². The van der Waals surface area contributed by atoms with Crippen LogP contribution in [0.15, 0.2) is 29.0 Å². The summed E-state index contributed by atoms with van der Waals surface area (Å²) >= 11 is 0. The number of allylic oxidation sites excluding steroid dienone is 4. The van der Waals surface area contributed by atoms with Crippen molar-refractivity contribution in [3.63, 3.8) is 0 Å². The Hall–Kier alpha value is -1.58.